The zero-order valence-corrected chi connectivity index (χ0v) is 15.0. The van der Waals surface area contributed by atoms with E-state index >= 15 is 0 Å². The number of aromatic nitrogens is 2. The Labute approximate surface area is 159 Å². The highest BCUT2D eigenvalue weighted by Gasteiger charge is 2.38. The minimum absolute atomic E-state index is 0.0276. The topological polar surface area (TPSA) is 84.2 Å². The van der Waals surface area contributed by atoms with Gasteiger partial charge in [0.1, 0.15) is 0 Å². The number of anilines is 1. The Kier molecular flexibility index (Phi) is 5.44. The molecule has 0 bridgehead atoms. The van der Waals surface area contributed by atoms with E-state index in [1.165, 1.54) is 6.20 Å². The lowest BCUT2D eigenvalue weighted by Crippen LogP contribution is -2.27. The predicted molar refractivity (Wildman–Crippen MR) is 95.0 cm³/mol. The van der Waals surface area contributed by atoms with E-state index in [0.29, 0.717) is 24.2 Å². The molecule has 150 valence electrons. The summed E-state index contributed by atoms with van der Waals surface area (Å²) >= 11 is 0. The van der Waals surface area contributed by atoms with Crippen LogP contribution < -0.4 is 5.32 Å². The number of hydrogen-bond donors (Lipinski definition) is 2. The Morgan fingerprint density at radius 1 is 1.11 bits per heavy atom. The second-order valence-electron chi connectivity index (χ2n) is 7.19. The van der Waals surface area contributed by atoms with Crippen LogP contribution in [-0.2, 0) is 15.8 Å². The summed E-state index contributed by atoms with van der Waals surface area (Å²) in [6.45, 7) is 0. The standard InChI is InChI=1S/C19H20F3N3O3/c20-19(21,22)15-7-10-25(24-15)14-5-3-13(4-6-14)23-16(26)11-18(12-17(27)28)8-1-2-9-18/h3-7,10H,1-2,8-9,11-12H2,(H,23,26)(H,27,28). The summed E-state index contributed by atoms with van der Waals surface area (Å²) in [6.07, 6.45) is 0.0733. The summed E-state index contributed by atoms with van der Waals surface area (Å²) in [5.74, 6) is -1.18. The summed E-state index contributed by atoms with van der Waals surface area (Å²) in [5.41, 5.74) is -0.573. The molecular formula is C19H20F3N3O3. The van der Waals surface area contributed by atoms with Crippen molar-refractivity contribution < 1.29 is 27.9 Å². The van der Waals surface area contributed by atoms with Crippen LogP contribution in [0.2, 0.25) is 0 Å². The van der Waals surface area contributed by atoms with Gasteiger partial charge >= 0.3 is 12.1 Å². The molecule has 1 aromatic carbocycles. The number of hydrogen-bond acceptors (Lipinski definition) is 3. The van der Waals surface area contributed by atoms with Crippen LogP contribution in [0.5, 0.6) is 0 Å². The number of nitrogens with one attached hydrogen (secondary N) is 1. The van der Waals surface area contributed by atoms with E-state index in [-0.39, 0.29) is 18.7 Å². The Morgan fingerprint density at radius 2 is 1.75 bits per heavy atom. The number of amides is 1. The Hall–Kier alpha value is -2.84. The molecule has 0 spiro atoms. The van der Waals surface area contributed by atoms with Gasteiger partial charge in [-0.15, -0.1) is 0 Å². The highest BCUT2D eigenvalue weighted by molar-refractivity contribution is 5.91. The second-order valence-corrected chi connectivity index (χ2v) is 7.19. The Balaban J connectivity index is 1.64. The Bertz CT molecular complexity index is 853. The number of carboxylic acid groups (broad SMARTS) is 1. The molecule has 1 fully saturated rings. The molecule has 2 aromatic rings. The van der Waals surface area contributed by atoms with E-state index in [1.807, 2.05) is 0 Å². The monoisotopic (exact) mass is 395 g/mol. The average molecular weight is 395 g/mol. The number of carbonyl (C=O) groups excluding carboxylic acids is 1. The van der Waals surface area contributed by atoms with Crippen LogP contribution in [-0.4, -0.2) is 26.8 Å². The van der Waals surface area contributed by atoms with Gasteiger partial charge in [-0.3, -0.25) is 9.59 Å². The van der Waals surface area contributed by atoms with Crippen molar-refractivity contribution in [2.45, 2.75) is 44.7 Å². The van der Waals surface area contributed by atoms with Crippen molar-refractivity contribution in [2.24, 2.45) is 5.41 Å². The molecule has 3 rings (SSSR count). The van der Waals surface area contributed by atoms with Crippen LogP contribution in [0.15, 0.2) is 36.5 Å². The maximum absolute atomic E-state index is 12.6. The number of aliphatic carboxylic acids is 1. The van der Waals surface area contributed by atoms with Gasteiger partial charge in [-0.1, -0.05) is 12.8 Å². The van der Waals surface area contributed by atoms with Crippen molar-refractivity contribution >= 4 is 17.6 Å². The van der Waals surface area contributed by atoms with Crippen LogP contribution in [0.3, 0.4) is 0 Å². The van der Waals surface area contributed by atoms with Gasteiger partial charge in [-0.2, -0.15) is 18.3 Å². The lowest BCUT2D eigenvalue weighted by molar-refractivity contribution is -0.142. The molecule has 9 heteroatoms. The van der Waals surface area contributed by atoms with Crippen molar-refractivity contribution in [3.63, 3.8) is 0 Å². The molecule has 28 heavy (non-hydrogen) atoms. The van der Waals surface area contributed by atoms with Gasteiger partial charge in [0.15, 0.2) is 5.69 Å². The van der Waals surface area contributed by atoms with E-state index in [1.54, 1.807) is 24.3 Å². The van der Waals surface area contributed by atoms with Gasteiger partial charge in [-0.05, 0) is 48.6 Å². The summed E-state index contributed by atoms with van der Waals surface area (Å²) < 4.78 is 39.0. The van der Waals surface area contributed by atoms with Crippen LogP contribution in [0, 0.1) is 5.41 Å². The molecule has 0 saturated heterocycles. The summed E-state index contributed by atoms with van der Waals surface area (Å²) in [7, 11) is 0. The minimum atomic E-state index is -4.51. The zero-order valence-electron chi connectivity index (χ0n) is 15.0. The summed E-state index contributed by atoms with van der Waals surface area (Å²) in [6, 6.07) is 7.12. The maximum atomic E-state index is 12.6. The third-order valence-corrected chi connectivity index (χ3v) is 5.02. The molecule has 6 nitrogen and oxygen atoms in total. The van der Waals surface area contributed by atoms with Gasteiger partial charge in [0.05, 0.1) is 12.1 Å². The minimum Gasteiger partial charge on any atom is -0.481 e. The van der Waals surface area contributed by atoms with Crippen molar-refractivity contribution in [2.75, 3.05) is 5.32 Å². The molecule has 0 unspecified atom stereocenters. The molecule has 1 aliphatic carbocycles. The van der Waals surface area contributed by atoms with Crippen molar-refractivity contribution in [1.82, 2.24) is 9.78 Å². The fourth-order valence-corrected chi connectivity index (χ4v) is 3.72. The predicted octanol–water partition coefficient (Wildman–Crippen LogP) is 4.25. The molecule has 2 N–H and O–H groups in total. The fraction of sp³-hybridized carbons (Fsp3) is 0.421. The van der Waals surface area contributed by atoms with E-state index < -0.39 is 23.3 Å². The second kappa shape index (κ2) is 7.65. The molecule has 0 radical (unpaired) electrons. The van der Waals surface area contributed by atoms with E-state index in [9.17, 15) is 22.8 Å². The molecule has 1 aromatic heterocycles. The third-order valence-electron chi connectivity index (χ3n) is 5.02. The SMILES string of the molecule is O=C(O)CC1(CC(=O)Nc2ccc(-n3ccc(C(F)(F)F)n3)cc2)CCCC1. The van der Waals surface area contributed by atoms with E-state index in [2.05, 4.69) is 10.4 Å². The molecule has 1 saturated carbocycles. The van der Waals surface area contributed by atoms with E-state index in [4.69, 9.17) is 5.11 Å². The smallest absolute Gasteiger partial charge is 0.435 e. The first-order valence-corrected chi connectivity index (χ1v) is 8.92. The molecule has 1 heterocycles. The maximum Gasteiger partial charge on any atom is 0.435 e. The van der Waals surface area contributed by atoms with Crippen molar-refractivity contribution in [3.8, 4) is 5.69 Å². The average Bonchev–Trinajstić information content (AvgIpc) is 3.24. The number of alkyl halides is 3. The number of carbonyl (C=O) groups is 2. The normalized spacial score (nSPS) is 16.1. The number of nitrogens with zero attached hydrogens (tertiary/aromatic N) is 2. The molecular weight excluding hydrogens is 375 g/mol. The molecule has 0 atom stereocenters. The van der Waals surface area contributed by atoms with Crippen LogP contribution in [0.25, 0.3) is 5.69 Å². The molecule has 1 aliphatic rings. The van der Waals surface area contributed by atoms with Gasteiger partial charge in [0.2, 0.25) is 5.91 Å². The zero-order chi connectivity index (χ0) is 20.4. The molecule has 0 aliphatic heterocycles. The van der Waals surface area contributed by atoms with Gasteiger partial charge in [-0.25, -0.2) is 4.68 Å². The number of carboxylic acids is 1. The quantitative estimate of drug-likeness (QED) is 0.766. The number of halogens is 3. The van der Waals surface area contributed by atoms with Crippen LogP contribution >= 0.6 is 0 Å². The number of benzene rings is 1. The highest BCUT2D eigenvalue weighted by Crippen LogP contribution is 2.44. The number of rotatable bonds is 6. The summed E-state index contributed by atoms with van der Waals surface area (Å²) in [4.78, 5) is 23.5. The third kappa shape index (κ3) is 4.71. The van der Waals surface area contributed by atoms with Crippen LogP contribution in [0.1, 0.15) is 44.2 Å². The van der Waals surface area contributed by atoms with Crippen molar-refractivity contribution in [3.05, 3.63) is 42.2 Å². The first kappa shape index (κ1) is 19.9. The van der Waals surface area contributed by atoms with Crippen LogP contribution in [0.4, 0.5) is 18.9 Å². The van der Waals surface area contributed by atoms with Gasteiger partial charge < -0.3 is 10.4 Å². The first-order chi connectivity index (χ1) is 13.2. The van der Waals surface area contributed by atoms with Gasteiger partial charge in [0, 0.05) is 18.3 Å². The van der Waals surface area contributed by atoms with Gasteiger partial charge in [0.25, 0.3) is 0 Å². The summed E-state index contributed by atoms with van der Waals surface area (Å²) in [5, 5.41) is 15.4. The highest BCUT2D eigenvalue weighted by atomic mass is 19.4. The van der Waals surface area contributed by atoms with Crippen molar-refractivity contribution in [1.29, 1.82) is 0 Å². The lowest BCUT2D eigenvalue weighted by Gasteiger charge is -2.26. The largest absolute Gasteiger partial charge is 0.481 e. The fourth-order valence-electron chi connectivity index (χ4n) is 3.72. The Morgan fingerprint density at radius 3 is 2.29 bits per heavy atom. The first-order valence-electron chi connectivity index (χ1n) is 8.92. The lowest BCUT2D eigenvalue weighted by atomic mass is 9.79. The molecule has 1 amide bonds. The van der Waals surface area contributed by atoms with E-state index in [0.717, 1.165) is 23.6 Å².